The van der Waals surface area contributed by atoms with Crippen molar-refractivity contribution in [2.75, 3.05) is 7.11 Å². The maximum Gasteiger partial charge on any atom is 0.308 e. The van der Waals surface area contributed by atoms with Gasteiger partial charge in [-0.2, -0.15) is 0 Å². The van der Waals surface area contributed by atoms with E-state index in [9.17, 15) is 9.59 Å². The molecule has 1 rings (SSSR count). The summed E-state index contributed by atoms with van der Waals surface area (Å²) in [5.74, 6) is -0.378. The first kappa shape index (κ1) is 11.2. The Morgan fingerprint density at radius 3 is 3.00 bits per heavy atom. The van der Waals surface area contributed by atoms with Gasteiger partial charge in [0.05, 0.1) is 19.6 Å². The number of hydrogen-bond acceptors (Lipinski definition) is 4. The molecule has 0 unspecified atom stereocenters. The van der Waals surface area contributed by atoms with Crippen LogP contribution >= 0.6 is 0 Å². The third-order valence-corrected chi connectivity index (χ3v) is 2.37. The summed E-state index contributed by atoms with van der Waals surface area (Å²) >= 11 is 0. The Labute approximate surface area is 83.6 Å². The number of carbonyl (C=O) groups is 2. The summed E-state index contributed by atoms with van der Waals surface area (Å²) in [5, 5.41) is 0. The molecule has 1 aliphatic rings. The molecular formula is C10H16O4. The Morgan fingerprint density at radius 1 is 1.64 bits per heavy atom. The number of ketones is 1. The molecule has 1 fully saturated rings. The van der Waals surface area contributed by atoms with Gasteiger partial charge in [0.25, 0.3) is 0 Å². The third kappa shape index (κ3) is 3.10. The predicted molar refractivity (Wildman–Crippen MR) is 49.8 cm³/mol. The van der Waals surface area contributed by atoms with Crippen LogP contribution in [0.15, 0.2) is 0 Å². The third-order valence-electron chi connectivity index (χ3n) is 2.37. The molecule has 0 aromatic carbocycles. The highest BCUT2D eigenvalue weighted by molar-refractivity contribution is 5.87. The molecule has 1 aliphatic heterocycles. The molecule has 0 radical (unpaired) electrons. The van der Waals surface area contributed by atoms with E-state index in [1.165, 1.54) is 7.11 Å². The van der Waals surface area contributed by atoms with Crippen LogP contribution in [-0.2, 0) is 19.1 Å². The second kappa shape index (κ2) is 5.10. The van der Waals surface area contributed by atoms with Gasteiger partial charge in [-0.15, -0.1) is 0 Å². The summed E-state index contributed by atoms with van der Waals surface area (Å²) in [6, 6.07) is 0. The van der Waals surface area contributed by atoms with Gasteiger partial charge in [0.15, 0.2) is 5.78 Å². The zero-order valence-corrected chi connectivity index (χ0v) is 8.62. The zero-order chi connectivity index (χ0) is 10.6. The van der Waals surface area contributed by atoms with Crippen molar-refractivity contribution in [3.63, 3.8) is 0 Å². The van der Waals surface area contributed by atoms with Gasteiger partial charge in [0.1, 0.15) is 6.10 Å². The molecule has 0 bridgehead atoms. The number of esters is 1. The van der Waals surface area contributed by atoms with Crippen molar-refractivity contribution in [1.82, 2.24) is 0 Å². The van der Waals surface area contributed by atoms with Crippen LogP contribution in [0.2, 0.25) is 0 Å². The largest absolute Gasteiger partial charge is 0.469 e. The summed E-state index contributed by atoms with van der Waals surface area (Å²) < 4.78 is 9.95. The topological polar surface area (TPSA) is 52.6 Å². The average Bonchev–Trinajstić information content (AvgIpc) is 2.29. The van der Waals surface area contributed by atoms with Crippen LogP contribution in [0.1, 0.15) is 32.6 Å². The highest BCUT2D eigenvalue weighted by Gasteiger charge is 2.27. The van der Waals surface area contributed by atoms with Crippen molar-refractivity contribution in [3.05, 3.63) is 0 Å². The van der Waals surface area contributed by atoms with Crippen molar-refractivity contribution >= 4 is 11.8 Å². The molecule has 1 heterocycles. The predicted octanol–water partition coefficient (Wildman–Crippen LogP) is 1.08. The fraction of sp³-hybridized carbons (Fsp3) is 0.800. The first-order valence-corrected chi connectivity index (χ1v) is 4.88. The van der Waals surface area contributed by atoms with Gasteiger partial charge in [-0.1, -0.05) is 0 Å². The normalized spacial score (nSPS) is 28.3. The molecule has 0 amide bonds. The maximum absolute atomic E-state index is 11.5. The fourth-order valence-electron chi connectivity index (χ4n) is 1.55. The lowest BCUT2D eigenvalue weighted by molar-refractivity contribution is -0.149. The number of ether oxygens (including phenoxy) is 2. The van der Waals surface area contributed by atoms with Crippen LogP contribution in [0.4, 0.5) is 0 Å². The second-order valence-corrected chi connectivity index (χ2v) is 3.57. The van der Waals surface area contributed by atoms with Crippen molar-refractivity contribution < 1.29 is 19.1 Å². The van der Waals surface area contributed by atoms with E-state index < -0.39 is 12.1 Å². The van der Waals surface area contributed by atoms with E-state index >= 15 is 0 Å². The molecular weight excluding hydrogens is 184 g/mol. The molecule has 0 N–H and O–H groups in total. The molecule has 0 saturated carbocycles. The van der Waals surface area contributed by atoms with Gasteiger partial charge < -0.3 is 9.47 Å². The molecule has 4 nitrogen and oxygen atoms in total. The lowest BCUT2D eigenvalue weighted by atomic mass is 10.1. The number of rotatable bonds is 2. The van der Waals surface area contributed by atoms with E-state index in [0.717, 1.165) is 12.8 Å². The van der Waals surface area contributed by atoms with Crippen LogP contribution in [0.25, 0.3) is 0 Å². The van der Waals surface area contributed by atoms with Gasteiger partial charge in [-0.05, 0) is 19.8 Å². The quantitative estimate of drug-likeness (QED) is 0.626. The SMILES string of the molecule is COC(=O)C[C@@H]1O[C@H](C)CCCC1=O. The lowest BCUT2D eigenvalue weighted by Crippen LogP contribution is -2.28. The number of hydrogen-bond donors (Lipinski definition) is 0. The molecule has 0 aromatic heterocycles. The minimum absolute atomic E-state index is 0.0137. The standard InChI is InChI=1S/C10H16O4/c1-7-4-3-5-8(11)9(14-7)6-10(12)13-2/h7,9H,3-6H2,1-2H3/t7-,9+/m1/s1. The summed E-state index contributed by atoms with van der Waals surface area (Å²) in [6.45, 7) is 1.92. The number of methoxy groups -OCH3 is 1. The fourth-order valence-corrected chi connectivity index (χ4v) is 1.55. The van der Waals surface area contributed by atoms with Crippen molar-refractivity contribution in [2.45, 2.75) is 44.8 Å². The van der Waals surface area contributed by atoms with E-state index in [0.29, 0.717) is 6.42 Å². The summed E-state index contributed by atoms with van der Waals surface area (Å²) in [7, 11) is 1.31. The van der Waals surface area contributed by atoms with Crippen LogP contribution in [0.3, 0.4) is 0 Å². The van der Waals surface area contributed by atoms with Gasteiger partial charge >= 0.3 is 5.97 Å². The monoisotopic (exact) mass is 200 g/mol. The summed E-state index contributed by atoms with van der Waals surface area (Å²) in [4.78, 5) is 22.5. The van der Waals surface area contributed by atoms with Crippen LogP contribution < -0.4 is 0 Å². The minimum atomic E-state index is -0.597. The number of carbonyl (C=O) groups excluding carboxylic acids is 2. The van der Waals surface area contributed by atoms with E-state index in [1.54, 1.807) is 0 Å². The Hall–Kier alpha value is -0.900. The molecule has 0 aromatic rings. The van der Waals surface area contributed by atoms with Crippen molar-refractivity contribution in [1.29, 1.82) is 0 Å². The second-order valence-electron chi connectivity index (χ2n) is 3.57. The van der Waals surface area contributed by atoms with E-state index in [-0.39, 0.29) is 18.3 Å². The van der Waals surface area contributed by atoms with Crippen molar-refractivity contribution in [3.8, 4) is 0 Å². The van der Waals surface area contributed by atoms with Gasteiger partial charge in [0, 0.05) is 6.42 Å². The van der Waals surface area contributed by atoms with Crippen LogP contribution in [0, 0.1) is 0 Å². The van der Waals surface area contributed by atoms with E-state index in [1.807, 2.05) is 6.92 Å². The first-order valence-electron chi connectivity index (χ1n) is 4.88. The Bertz CT molecular complexity index is 224. The minimum Gasteiger partial charge on any atom is -0.469 e. The molecule has 4 heteroatoms. The lowest BCUT2D eigenvalue weighted by Gasteiger charge is -2.16. The maximum atomic E-state index is 11.5. The van der Waals surface area contributed by atoms with E-state index in [2.05, 4.69) is 4.74 Å². The smallest absolute Gasteiger partial charge is 0.308 e. The summed E-state index contributed by atoms with van der Waals surface area (Å²) in [6.07, 6.45) is 1.73. The van der Waals surface area contributed by atoms with Crippen molar-refractivity contribution in [2.24, 2.45) is 0 Å². The van der Waals surface area contributed by atoms with Crippen LogP contribution in [0.5, 0.6) is 0 Å². The highest BCUT2D eigenvalue weighted by atomic mass is 16.5. The Balaban J connectivity index is 2.54. The molecule has 14 heavy (non-hydrogen) atoms. The summed E-state index contributed by atoms with van der Waals surface area (Å²) in [5.41, 5.74) is 0. The molecule has 0 aliphatic carbocycles. The first-order chi connectivity index (χ1) is 6.63. The molecule has 0 spiro atoms. The molecule has 2 atom stereocenters. The van der Waals surface area contributed by atoms with E-state index in [4.69, 9.17) is 4.74 Å². The zero-order valence-electron chi connectivity index (χ0n) is 8.62. The van der Waals surface area contributed by atoms with Crippen LogP contribution in [-0.4, -0.2) is 31.1 Å². The Morgan fingerprint density at radius 2 is 2.36 bits per heavy atom. The van der Waals surface area contributed by atoms with Gasteiger partial charge in [0.2, 0.25) is 0 Å². The van der Waals surface area contributed by atoms with Gasteiger partial charge in [-0.25, -0.2) is 0 Å². The number of Topliss-reactive ketones (excluding diaryl/α,β-unsaturated/α-hetero) is 1. The highest BCUT2D eigenvalue weighted by Crippen LogP contribution is 2.17. The Kier molecular flexibility index (Phi) is 4.07. The van der Waals surface area contributed by atoms with Gasteiger partial charge in [-0.3, -0.25) is 9.59 Å². The molecule has 80 valence electrons. The molecule has 1 saturated heterocycles. The average molecular weight is 200 g/mol.